The highest BCUT2D eigenvalue weighted by molar-refractivity contribution is 5.81. The summed E-state index contributed by atoms with van der Waals surface area (Å²) in [5.74, 6) is 0.593. The highest BCUT2D eigenvalue weighted by Crippen LogP contribution is 2.13. The molecule has 0 saturated heterocycles. The Morgan fingerprint density at radius 3 is 2.82 bits per heavy atom. The van der Waals surface area contributed by atoms with Crippen molar-refractivity contribution >= 4 is 12.2 Å². The first-order valence-electron chi connectivity index (χ1n) is 6.61. The number of pyridine rings is 1. The summed E-state index contributed by atoms with van der Waals surface area (Å²) in [6.07, 6.45) is 5.50. The number of nitrogens with one attached hydrogen (secondary N) is 1. The van der Waals surface area contributed by atoms with Gasteiger partial charge in [0, 0.05) is 6.07 Å². The molecule has 0 aliphatic rings. The molecule has 0 atom stereocenters. The third kappa shape index (κ3) is 4.88. The third-order valence-corrected chi connectivity index (χ3v) is 2.77. The van der Waals surface area contributed by atoms with Crippen LogP contribution >= 0.6 is 0 Å². The van der Waals surface area contributed by atoms with Gasteiger partial charge < -0.3 is 10.5 Å². The van der Waals surface area contributed by atoms with Gasteiger partial charge >= 0.3 is 0 Å². The van der Waals surface area contributed by atoms with Gasteiger partial charge in [0.1, 0.15) is 19.4 Å². The lowest BCUT2D eigenvalue weighted by molar-refractivity contribution is -0.672. The maximum absolute atomic E-state index is 8.44. The zero-order valence-corrected chi connectivity index (χ0v) is 12.2. The molecule has 1 aromatic carbocycles. The van der Waals surface area contributed by atoms with Crippen LogP contribution in [0.3, 0.4) is 0 Å². The fourth-order valence-corrected chi connectivity index (χ4v) is 1.73. The third-order valence-electron chi connectivity index (χ3n) is 2.77. The molecule has 0 bridgehead atoms. The average Bonchev–Trinajstić information content (AvgIpc) is 2.54. The van der Waals surface area contributed by atoms with Crippen molar-refractivity contribution in [3.8, 4) is 5.75 Å². The van der Waals surface area contributed by atoms with Gasteiger partial charge in [0.15, 0.2) is 12.4 Å². The number of rotatable bonds is 5. The van der Waals surface area contributed by atoms with Gasteiger partial charge in [0.25, 0.3) is 0 Å². The Kier molecular flexibility index (Phi) is 5.44. The number of nitrogens with two attached hydrogens (primary N) is 1. The minimum atomic E-state index is -0.174. The van der Waals surface area contributed by atoms with Crippen molar-refractivity contribution < 1.29 is 14.5 Å². The molecule has 0 saturated carbocycles. The van der Waals surface area contributed by atoms with Crippen LogP contribution in [0.2, 0.25) is 0 Å². The molecule has 2 rings (SSSR count). The van der Waals surface area contributed by atoms with Crippen molar-refractivity contribution in [1.29, 1.82) is 0 Å². The summed E-state index contributed by atoms with van der Waals surface area (Å²) in [7, 11) is 1.97. The molecule has 0 amide bonds. The van der Waals surface area contributed by atoms with E-state index in [1.807, 2.05) is 60.4 Å². The van der Waals surface area contributed by atoms with Crippen LogP contribution < -0.4 is 20.5 Å². The van der Waals surface area contributed by atoms with Crippen LogP contribution in [-0.4, -0.2) is 17.4 Å². The van der Waals surface area contributed by atoms with E-state index < -0.39 is 0 Å². The van der Waals surface area contributed by atoms with Crippen molar-refractivity contribution in [2.45, 2.75) is 6.61 Å². The van der Waals surface area contributed by atoms with E-state index in [-0.39, 0.29) is 5.96 Å². The molecule has 7 heteroatoms. The van der Waals surface area contributed by atoms with E-state index in [2.05, 4.69) is 10.2 Å². The van der Waals surface area contributed by atoms with Gasteiger partial charge in [-0.3, -0.25) is 5.21 Å². The molecule has 0 aliphatic heterocycles. The Balaban J connectivity index is 1.92. The topological polar surface area (TPSA) is 96.1 Å². The van der Waals surface area contributed by atoms with E-state index in [0.29, 0.717) is 6.61 Å². The van der Waals surface area contributed by atoms with E-state index >= 15 is 0 Å². The van der Waals surface area contributed by atoms with Gasteiger partial charge in [-0.05, 0) is 35.9 Å². The Morgan fingerprint density at radius 2 is 2.14 bits per heavy atom. The number of hydrogen-bond acceptors (Lipinski definition) is 4. The van der Waals surface area contributed by atoms with Gasteiger partial charge in [-0.2, -0.15) is 5.10 Å². The zero-order chi connectivity index (χ0) is 15.8. The fourth-order valence-electron chi connectivity index (χ4n) is 1.73. The first kappa shape index (κ1) is 15.5. The summed E-state index contributed by atoms with van der Waals surface area (Å²) < 4.78 is 7.69. The molecule has 7 nitrogen and oxygen atoms in total. The van der Waals surface area contributed by atoms with Crippen LogP contribution in [0.15, 0.2) is 59.0 Å². The van der Waals surface area contributed by atoms with Crippen LogP contribution in [0, 0.1) is 0 Å². The number of hydroxylamine groups is 1. The van der Waals surface area contributed by atoms with E-state index in [1.54, 1.807) is 5.48 Å². The Morgan fingerprint density at radius 1 is 1.36 bits per heavy atom. The number of benzene rings is 1. The molecular formula is C15H18N5O2+. The Hall–Kier alpha value is -2.93. The molecule has 0 unspecified atom stereocenters. The highest BCUT2D eigenvalue weighted by atomic mass is 16.5. The number of aromatic nitrogens is 1. The minimum absolute atomic E-state index is 0.174. The number of ether oxygens (including phenoxy) is 1. The number of aryl methyl sites for hydroxylation is 1. The van der Waals surface area contributed by atoms with Crippen molar-refractivity contribution in [3.63, 3.8) is 0 Å². The summed E-state index contributed by atoms with van der Waals surface area (Å²) in [6.45, 7) is 0.505. The second kappa shape index (κ2) is 7.75. The molecule has 0 fully saturated rings. The van der Waals surface area contributed by atoms with Crippen molar-refractivity contribution in [1.82, 2.24) is 5.48 Å². The van der Waals surface area contributed by atoms with E-state index in [1.165, 1.54) is 6.21 Å². The predicted molar refractivity (Wildman–Crippen MR) is 82.5 cm³/mol. The average molecular weight is 300 g/mol. The molecule has 0 spiro atoms. The van der Waals surface area contributed by atoms with Gasteiger partial charge in [-0.25, -0.2) is 10.0 Å². The second-order valence-corrected chi connectivity index (χ2v) is 4.58. The second-order valence-electron chi connectivity index (χ2n) is 4.58. The molecule has 2 aromatic rings. The minimum Gasteiger partial charge on any atom is -0.489 e. The lowest BCUT2D eigenvalue weighted by Gasteiger charge is -2.05. The van der Waals surface area contributed by atoms with E-state index in [0.717, 1.165) is 16.9 Å². The van der Waals surface area contributed by atoms with Crippen LogP contribution in [0.5, 0.6) is 5.75 Å². The lowest BCUT2D eigenvalue weighted by atomic mass is 10.2. The van der Waals surface area contributed by atoms with E-state index in [9.17, 15) is 0 Å². The largest absolute Gasteiger partial charge is 0.489 e. The smallest absolute Gasteiger partial charge is 0.237 e. The standard InChI is InChI=1S/C15H18N5O2/c1-20-8-2-3-13(10-20)11-22-14-6-4-12(5-7-14)9-17-18-15(16)19-21/h2-10,21H,11H2,1H3,(H3,16,18,19)/q+1/b17-9+. The first-order valence-corrected chi connectivity index (χ1v) is 6.61. The SMILES string of the molecule is C[n+]1cccc(COc2ccc(/C=N/N=C(N)NO)cc2)c1. The van der Waals surface area contributed by atoms with Crippen LogP contribution in [-0.2, 0) is 13.7 Å². The molecule has 22 heavy (non-hydrogen) atoms. The normalized spacial score (nSPS) is 11.6. The number of nitrogens with zero attached hydrogens (tertiary/aromatic N) is 3. The molecule has 114 valence electrons. The van der Waals surface area contributed by atoms with Crippen LogP contribution in [0.4, 0.5) is 0 Å². The Bertz CT molecular complexity index is 668. The maximum atomic E-state index is 8.44. The summed E-state index contributed by atoms with van der Waals surface area (Å²) in [4.78, 5) is 0. The monoisotopic (exact) mass is 300 g/mol. The Labute approximate surface area is 128 Å². The molecule has 0 aliphatic carbocycles. The molecule has 1 heterocycles. The molecule has 4 N–H and O–H groups in total. The van der Waals surface area contributed by atoms with Crippen molar-refractivity contribution in [3.05, 3.63) is 59.9 Å². The fraction of sp³-hybridized carbons (Fsp3) is 0.133. The highest BCUT2D eigenvalue weighted by Gasteiger charge is 2.00. The van der Waals surface area contributed by atoms with Gasteiger partial charge in [-0.1, -0.05) is 0 Å². The van der Waals surface area contributed by atoms with Crippen molar-refractivity contribution in [2.24, 2.45) is 23.0 Å². The maximum Gasteiger partial charge on any atom is 0.237 e. The predicted octanol–water partition coefficient (Wildman–Crippen LogP) is 0.718. The number of guanidine groups is 1. The van der Waals surface area contributed by atoms with Crippen LogP contribution in [0.1, 0.15) is 11.1 Å². The van der Waals surface area contributed by atoms with Crippen molar-refractivity contribution in [2.75, 3.05) is 0 Å². The van der Waals surface area contributed by atoms with Crippen LogP contribution in [0.25, 0.3) is 0 Å². The van der Waals surface area contributed by atoms with Gasteiger partial charge in [-0.15, -0.1) is 5.10 Å². The first-order chi connectivity index (χ1) is 10.7. The van der Waals surface area contributed by atoms with Gasteiger partial charge in [0.2, 0.25) is 5.96 Å². The summed E-state index contributed by atoms with van der Waals surface area (Å²) >= 11 is 0. The van der Waals surface area contributed by atoms with E-state index in [4.69, 9.17) is 15.7 Å². The lowest BCUT2D eigenvalue weighted by Crippen LogP contribution is -2.27. The summed E-state index contributed by atoms with van der Waals surface area (Å²) in [5, 5.41) is 15.7. The van der Waals surface area contributed by atoms with Gasteiger partial charge in [0.05, 0.1) is 11.8 Å². The quantitative estimate of drug-likeness (QED) is 0.328. The molecular weight excluding hydrogens is 282 g/mol. The molecule has 1 aromatic heterocycles. The summed E-state index contributed by atoms with van der Waals surface area (Å²) in [5.41, 5.74) is 8.84. The number of hydrogen-bond donors (Lipinski definition) is 3. The zero-order valence-electron chi connectivity index (χ0n) is 12.2. The molecule has 0 radical (unpaired) electrons. The summed E-state index contributed by atoms with van der Waals surface area (Å²) in [6, 6.07) is 11.4.